The molecule has 1 unspecified atom stereocenters. The highest BCUT2D eigenvalue weighted by atomic mass is 16.3. The van der Waals surface area contributed by atoms with Crippen molar-refractivity contribution in [1.82, 2.24) is 5.32 Å². The van der Waals surface area contributed by atoms with Crippen LogP contribution in [-0.2, 0) is 0 Å². The number of hydrogen-bond acceptors (Lipinski definition) is 3. The summed E-state index contributed by atoms with van der Waals surface area (Å²) in [5.74, 6) is 3.12. The van der Waals surface area contributed by atoms with Gasteiger partial charge in [0.1, 0.15) is 11.5 Å². The Kier molecular flexibility index (Phi) is 2.80. The molecule has 1 aliphatic rings. The predicted octanol–water partition coefficient (Wildman–Crippen LogP) is 2.74. The Balaban J connectivity index is 2.07. The minimum Gasteiger partial charge on any atom is -0.466 e. The second kappa shape index (κ2) is 4.09. The topological polar surface area (TPSA) is 37.5 Å². The van der Waals surface area contributed by atoms with Crippen LogP contribution in [0.25, 0.3) is 0 Å². The molecule has 1 aromatic heterocycles. The average Bonchev–Trinajstić information content (AvgIpc) is 2.75. The molecule has 2 rings (SSSR count). The maximum atomic E-state index is 5.52. The van der Waals surface area contributed by atoms with Crippen molar-refractivity contribution in [3.8, 4) is 0 Å². The van der Waals surface area contributed by atoms with Gasteiger partial charge in [-0.15, -0.1) is 0 Å². The normalized spacial score (nSPS) is 17.7. The van der Waals surface area contributed by atoms with E-state index < -0.39 is 0 Å². The van der Waals surface area contributed by atoms with Crippen molar-refractivity contribution in [2.45, 2.75) is 39.7 Å². The van der Waals surface area contributed by atoms with E-state index in [1.54, 1.807) is 0 Å². The zero-order valence-electron chi connectivity index (χ0n) is 9.63. The van der Waals surface area contributed by atoms with Crippen molar-refractivity contribution in [3.63, 3.8) is 0 Å². The van der Waals surface area contributed by atoms with Gasteiger partial charge in [0.15, 0.2) is 0 Å². The van der Waals surface area contributed by atoms with Crippen molar-refractivity contribution in [3.05, 3.63) is 23.2 Å². The highest BCUT2D eigenvalue weighted by Crippen LogP contribution is 2.21. The van der Waals surface area contributed by atoms with Crippen molar-refractivity contribution >= 4 is 5.84 Å². The Hall–Kier alpha value is -1.25. The molecule has 0 fully saturated rings. The number of furan rings is 1. The SMILES string of the molecule is Cc1cc(C(C)NC2=NCCC2)c(C)o1. The van der Waals surface area contributed by atoms with E-state index in [0.717, 1.165) is 30.3 Å². The summed E-state index contributed by atoms with van der Waals surface area (Å²) in [5.41, 5.74) is 1.24. The number of amidine groups is 1. The molecule has 82 valence electrons. The predicted molar refractivity (Wildman–Crippen MR) is 61.3 cm³/mol. The van der Waals surface area contributed by atoms with Crippen molar-refractivity contribution in [2.75, 3.05) is 6.54 Å². The Labute approximate surface area is 90.6 Å². The Morgan fingerprint density at radius 3 is 2.80 bits per heavy atom. The summed E-state index contributed by atoms with van der Waals surface area (Å²) in [7, 11) is 0. The average molecular weight is 206 g/mol. The molecule has 0 amide bonds. The first-order chi connectivity index (χ1) is 7.16. The molecule has 15 heavy (non-hydrogen) atoms. The van der Waals surface area contributed by atoms with Crippen LogP contribution in [0.5, 0.6) is 0 Å². The number of nitrogens with one attached hydrogen (secondary N) is 1. The lowest BCUT2D eigenvalue weighted by Gasteiger charge is -2.13. The maximum absolute atomic E-state index is 5.52. The van der Waals surface area contributed by atoms with E-state index in [2.05, 4.69) is 23.3 Å². The molecule has 0 bridgehead atoms. The van der Waals surface area contributed by atoms with Crippen LogP contribution < -0.4 is 5.32 Å². The van der Waals surface area contributed by atoms with E-state index >= 15 is 0 Å². The molecule has 0 saturated heterocycles. The third-order valence-electron chi connectivity index (χ3n) is 2.80. The van der Waals surface area contributed by atoms with E-state index in [0.29, 0.717) is 6.04 Å². The van der Waals surface area contributed by atoms with Crippen LogP contribution in [0.1, 0.15) is 42.9 Å². The van der Waals surface area contributed by atoms with Gasteiger partial charge in [-0.1, -0.05) is 0 Å². The lowest BCUT2D eigenvalue weighted by atomic mass is 10.1. The quantitative estimate of drug-likeness (QED) is 0.807. The van der Waals surface area contributed by atoms with Crippen LogP contribution in [0.2, 0.25) is 0 Å². The zero-order chi connectivity index (χ0) is 10.8. The molecule has 0 spiro atoms. The van der Waals surface area contributed by atoms with Crippen LogP contribution in [0.3, 0.4) is 0 Å². The standard InChI is InChI=1S/C12H18N2O/c1-8-7-11(10(3)15-8)9(2)14-12-5-4-6-13-12/h7,9H,4-6H2,1-3H3,(H,13,14). The Morgan fingerprint density at radius 2 is 2.27 bits per heavy atom. The summed E-state index contributed by atoms with van der Waals surface area (Å²) in [6.45, 7) is 7.11. The molecule has 1 atom stereocenters. The highest BCUT2D eigenvalue weighted by molar-refractivity contribution is 5.83. The van der Waals surface area contributed by atoms with E-state index in [-0.39, 0.29) is 0 Å². The van der Waals surface area contributed by atoms with E-state index in [9.17, 15) is 0 Å². The van der Waals surface area contributed by atoms with Crippen LogP contribution >= 0.6 is 0 Å². The first-order valence-corrected chi connectivity index (χ1v) is 5.53. The lowest BCUT2D eigenvalue weighted by Crippen LogP contribution is -2.25. The second-order valence-corrected chi connectivity index (χ2v) is 4.17. The molecule has 2 heterocycles. The number of aliphatic imine (C=N–C) groups is 1. The summed E-state index contributed by atoms with van der Waals surface area (Å²) in [4.78, 5) is 4.41. The third kappa shape index (κ3) is 2.22. The minimum absolute atomic E-state index is 0.291. The van der Waals surface area contributed by atoms with E-state index in [1.807, 2.05) is 13.8 Å². The zero-order valence-corrected chi connectivity index (χ0v) is 9.63. The summed E-state index contributed by atoms with van der Waals surface area (Å²) < 4.78 is 5.52. The minimum atomic E-state index is 0.291. The second-order valence-electron chi connectivity index (χ2n) is 4.17. The molecule has 1 N–H and O–H groups in total. The molecule has 1 aliphatic heterocycles. The van der Waals surface area contributed by atoms with E-state index in [1.165, 1.54) is 12.0 Å². The van der Waals surface area contributed by atoms with Gasteiger partial charge in [-0.25, -0.2) is 0 Å². The monoisotopic (exact) mass is 206 g/mol. The molecule has 0 saturated carbocycles. The fourth-order valence-corrected chi connectivity index (χ4v) is 2.07. The molecule has 0 aromatic carbocycles. The van der Waals surface area contributed by atoms with Gasteiger partial charge < -0.3 is 9.73 Å². The maximum Gasteiger partial charge on any atom is 0.106 e. The summed E-state index contributed by atoms with van der Waals surface area (Å²) in [5, 5.41) is 3.44. The Morgan fingerprint density at radius 1 is 1.47 bits per heavy atom. The number of aryl methyl sites for hydroxylation is 2. The van der Waals surface area contributed by atoms with Gasteiger partial charge in [0.2, 0.25) is 0 Å². The molecular weight excluding hydrogens is 188 g/mol. The van der Waals surface area contributed by atoms with Gasteiger partial charge in [-0.3, -0.25) is 4.99 Å². The molecule has 0 aliphatic carbocycles. The van der Waals surface area contributed by atoms with Gasteiger partial charge in [0.05, 0.1) is 11.9 Å². The first-order valence-electron chi connectivity index (χ1n) is 5.53. The number of rotatable bonds is 2. The molecular formula is C12H18N2O. The van der Waals surface area contributed by atoms with Crippen molar-refractivity contribution < 1.29 is 4.42 Å². The number of nitrogens with zero attached hydrogens (tertiary/aromatic N) is 1. The van der Waals surface area contributed by atoms with Gasteiger partial charge in [-0.2, -0.15) is 0 Å². The Bertz CT molecular complexity index is 379. The van der Waals surface area contributed by atoms with Gasteiger partial charge in [-0.05, 0) is 33.3 Å². The molecule has 0 radical (unpaired) electrons. The molecule has 3 heteroatoms. The fourth-order valence-electron chi connectivity index (χ4n) is 2.07. The largest absolute Gasteiger partial charge is 0.466 e. The highest BCUT2D eigenvalue weighted by Gasteiger charge is 2.15. The third-order valence-corrected chi connectivity index (χ3v) is 2.80. The van der Waals surface area contributed by atoms with Gasteiger partial charge >= 0.3 is 0 Å². The number of hydrogen-bond donors (Lipinski definition) is 1. The van der Waals surface area contributed by atoms with Crippen LogP contribution in [0, 0.1) is 13.8 Å². The smallest absolute Gasteiger partial charge is 0.106 e. The first kappa shape index (κ1) is 10.3. The fraction of sp³-hybridized carbons (Fsp3) is 0.583. The lowest BCUT2D eigenvalue weighted by molar-refractivity contribution is 0.497. The molecule has 3 nitrogen and oxygen atoms in total. The van der Waals surface area contributed by atoms with Crippen molar-refractivity contribution in [1.29, 1.82) is 0 Å². The van der Waals surface area contributed by atoms with Crippen LogP contribution in [-0.4, -0.2) is 12.4 Å². The van der Waals surface area contributed by atoms with Gasteiger partial charge in [0, 0.05) is 18.5 Å². The van der Waals surface area contributed by atoms with Crippen LogP contribution in [0.4, 0.5) is 0 Å². The van der Waals surface area contributed by atoms with Crippen molar-refractivity contribution in [2.24, 2.45) is 4.99 Å². The van der Waals surface area contributed by atoms with Gasteiger partial charge in [0.25, 0.3) is 0 Å². The summed E-state index contributed by atoms with van der Waals surface area (Å²) in [6, 6.07) is 2.39. The van der Waals surface area contributed by atoms with E-state index in [4.69, 9.17) is 4.42 Å². The summed E-state index contributed by atoms with van der Waals surface area (Å²) in [6.07, 6.45) is 2.26. The van der Waals surface area contributed by atoms with Crippen LogP contribution in [0.15, 0.2) is 15.5 Å². The molecule has 1 aromatic rings. The summed E-state index contributed by atoms with van der Waals surface area (Å²) >= 11 is 0.